The zero-order valence-corrected chi connectivity index (χ0v) is 5.80. The minimum Gasteiger partial charge on any atom is -0.508 e. The smallest absolute Gasteiger partial charge is 0.118 e. The van der Waals surface area contributed by atoms with Gasteiger partial charge in [-0.15, -0.1) is 0 Å². The molecule has 0 saturated carbocycles. The van der Waals surface area contributed by atoms with Crippen LogP contribution in [0, 0.1) is 0 Å². The number of hydrogen-bond acceptors (Lipinski definition) is 2. The first-order chi connectivity index (χ1) is 4.36. The molecule has 10 heavy (non-hydrogen) atoms. The largest absolute Gasteiger partial charge is 0.508 e. The van der Waals surface area contributed by atoms with Gasteiger partial charge in [-0.3, -0.25) is 0 Å². The van der Waals surface area contributed by atoms with Gasteiger partial charge in [0.2, 0.25) is 0 Å². The highest BCUT2D eigenvalue weighted by Gasteiger charge is 2.09. The Morgan fingerprint density at radius 2 is 2.00 bits per heavy atom. The molecule has 4 N–H and O–H groups in total. The summed E-state index contributed by atoms with van der Waals surface area (Å²) >= 11 is 0. The van der Waals surface area contributed by atoms with E-state index >= 15 is 0 Å². The van der Waals surface area contributed by atoms with Crippen LogP contribution in [0.2, 0.25) is 0 Å². The Morgan fingerprint density at radius 1 is 1.20 bits per heavy atom. The maximum absolute atomic E-state index is 9.14. The summed E-state index contributed by atoms with van der Waals surface area (Å²) in [5.41, 5.74) is 2.45. The summed E-state index contributed by atoms with van der Waals surface area (Å²) in [4.78, 5) is 0. The molecule has 1 aromatic carbocycles. The summed E-state index contributed by atoms with van der Waals surface area (Å²) in [6, 6.07) is 5.82. The number of benzene rings is 1. The van der Waals surface area contributed by atoms with Crippen molar-refractivity contribution in [3.8, 4) is 5.75 Å². The van der Waals surface area contributed by atoms with Crippen LogP contribution >= 0.6 is 0 Å². The number of phenols is 1. The third-order valence-electron chi connectivity index (χ3n) is 1.83. The van der Waals surface area contributed by atoms with Gasteiger partial charge in [-0.05, 0) is 30.0 Å². The second-order valence-electron chi connectivity index (χ2n) is 2.46. The van der Waals surface area contributed by atoms with Gasteiger partial charge in [0.15, 0.2) is 0 Å². The van der Waals surface area contributed by atoms with Crippen LogP contribution in [0.15, 0.2) is 18.2 Å². The van der Waals surface area contributed by atoms with Gasteiger partial charge < -0.3 is 11.3 Å². The Kier molecular flexibility index (Phi) is 1.64. The zero-order chi connectivity index (χ0) is 6.27. The first-order valence-corrected chi connectivity index (χ1v) is 3.17. The maximum Gasteiger partial charge on any atom is 0.118 e. The Balaban J connectivity index is 0.000000500. The summed E-state index contributed by atoms with van der Waals surface area (Å²) < 4.78 is 0. The van der Waals surface area contributed by atoms with E-state index in [2.05, 4.69) is 6.07 Å². The fourth-order valence-corrected chi connectivity index (χ4v) is 1.27. The second kappa shape index (κ2) is 2.31. The van der Waals surface area contributed by atoms with E-state index in [1.54, 1.807) is 6.07 Å². The van der Waals surface area contributed by atoms with Crippen molar-refractivity contribution < 1.29 is 5.11 Å². The van der Waals surface area contributed by atoms with Crippen LogP contribution < -0.4 is 6.15 Å². The summed E-state index contributed by atoms with van der Waals surface area (Å²) in [5.74, 6) is 0.455. The van der Waals surface area contributed by atoms with Gasteiger partial charge in [-0.2, -0.15) is 0 Å². The normalized spacial score (nSPS) is 12.8. The SMILES string of the molecule is N.Oc1ccc2cc1CC2. The molecule has 0 spiro atoms. The molecule has 0 amide bonds. The molecular weight excluding hydrogens is 126 g/mol. The van der Waals surface area contributed by atoms with Crippen LogP contribution in [-0.2, 0) is 12.8 Å². The fraction of sp³-hybridized carbons (Fsp3) is 0.250. The molecule has 2 rings (SSSR count). The molecule has 0 saturated heterocycles. The lowest BCUT2D eigenvalue weighted by atomic mass is 10.2. The van der Waals surface area contributed by atoms with Crippen LogP contribution in [0.25, 0.3) is 0 Å². The Labute approximate surface area is 60.1 Å². The van der Waals surface area contributed by atoms with Crippen molar-refractivity contribution in [3.05, 3.63) is 29.3 Å². The summed E-state index contributed by atoms with van der Waals surface area (Å²) in [6.45, 7) is 0. The molecule has 0 heterocycles. The Morgan fingerprint density at radius 3 is 2.70 bits per heavy atom. The average molecular weight is 137 g/mol. The number of rotatable bonds is 0. The van der Waals surface area contributed by atoms with Crippen LogP contribution in [0.1, 0.15) is 11.1 Å². The molecule has 0 aliphatic heterocycles. The lowest BCUT2D eigenvalue weighted by Gasteiger charge is -1.91. The quantitative estimate of drug-likeness (QED) is 0.571. The average Bonchev–Trinajstić information content (AvgIpc) is 2.25. The highest BCUT2D eigenvalue weighted by molar-refractivity contribution is 5.40. The molecule has 2 heteroatoms. The Hall–Kier alpha value is -1.02. The van der Waals surface area contributed by atoms with E-state index in [4.69, 9.17) is 5.11 Å². The van der Waals surface area contributed by atoms with Crippen molar-refractivity contribution >= 4 is 0 Å². The third-order valence-corrected chi connectivity index (χ3v) is 1.83. The first kappa shape index (κ1) is 7.09. The standard InChI is InChI=1S/C8H8O.H3N/c9-8-4-2-6-1-3-7(8)5-6;/h2,4-5,9H,1,3H2;1H3. The maximum atomic E-state index is 9.14. The number of phenolic OH excluding ortho intramolecular Hbond substituents is 1. The molecule has 0 aromatic heterocycles. The van der Waals surface area contributed by atoms with E-state index in [0.717, 1.165) is 18.4 Å². The molecule has 0 radical (unpaired) electrons. The lowest BCUT2D eigenvalue weighted by molar-refractivity contribution is 0.470. The predicted molar refractivity (Wildman–Crippen MR) is 40.5 cm³/mol. The molecule has 1 aromatic rings. The minimum absolute atomic E-state index is 0. The first-order valence-electron chi connectivity index (χ1n) is 3.17. The monoisotopic (exact) mass is 137 g/mol. The zero-order valence-electron chi connectivity index (χ0n) is 5.80. The van der Waals surface area contributed by atoms with Crippen LogP contribution in [0.3, 0.4) is 0 Å². The molecule has 54 valence electrons. The molecule has 1 aliphatic rings. The van der Waals surface area contributed by atoms with Gasteiger partial charge in [0.25, 0.3) is 0 Å². The Bertz CT molecular complexity index is 245. The summed E-state index contributed by atoms with van der Waals surface area (Å²) in [5, 5.41) is 9.14. The van der Waals surface area contributed by atoms with Crippen molar-refractivity contribution in [1.82, 2.24) is 6.15 Å². The topological polar surface area (TPSA) is 55.2 Å². The molecule has 2 nitrogen and oxygen atoms in total. The van der Waals surface area contributed by atoms with Crippen molar-refractivity contribution in [1.29, 1.82) is 0 Å². The van der Waals surface area contributed by atoms with Crippen molar-refractivity contribution in [2.24, 2.45) is 0 Å². The van der Waals surface area contributed by atoms with E-state index in [1.165, 1.54) is 5.56 Å². The van der Waals surface area contributed by atoms with Gasteiger partial charge in [-0.1, -0.05) is 12.1 Å². The van der Waals surface area contributed by atoms with Gasteiger partial charge >= 0.3 is 0 Å². The second-order valence-corrected chi connectivity index (χ2v) is 2.46. The van der Waals surface area contributed by atoms with Crippen molar-refractivity contribution in [2.45, 2.75) is 12.8 Å². The van der Waals surface area contributed by atoms with Gasteiger partial charge in [0.1, 0.15) is 5.75 Å². The van der Waals surface area contributed by atoms with Crippen LogP contribution in [0.5, 0.6) is 5.75 Å². The molecule has 0 unspecified atom stereocenters. The highest BCUT2D eigenvalue weighted by Crippen LogP contribution is 2.25. The number of aryl methyl sites for hydroxylation is 2. The molecule has 2 bridgehead atoms. The predicted octanol–water partition coefficient (Wildman–Crippen LogP) is 1.65. The van der Waals surface area contributed by atoms with Crippen molar-refractivity contribution in [2.75, 3.05) is 0 Å². The highest BCUT2D eigenvalue weighted by atomic mass is 16.3. The fourth-order valence-electron chi connectivity index (χ4n) is 1.27. The number of fused-ring (bicyclic) bond motifs is 2. The summed E-state index contributed by atoms with van der Waals surface area (Å²) in [7, 11) is 0. The van der Waals surface area contributed by atoms with Gasteiger partial charge in [0.05, 0.1) is 0 Å². The van der Waals surface area contributed by atoms with E-state index in [-0.39, 0.29) is 6.15 Å². The van der Waals surface area contributed by atoms with E-state index < -0.39 is 0 Å². The van der Waals surface area contributed by atoms with E-state index in [9.17, 15) is 0 Å². The summed E-state index contributed by atoms with van der Waals surface area (Å²) in [6.07, 6.45) is 2.13. The molecule has 0 atom stereocenters. The minimum atomic E-state index is 0. The van der Waals surface area contributed by atoms with Gasteiger partial charge in [-0.25, -0.2) is 0 Å². The van der Waals surface area contributed by atoms with Gasteiger partial charge in [0, 0.05) is 0 Å². The molecular formula is C8H11NO. The lowest BCUT2D eigenvalue weighted by Crippen LogP contribution is -1.74. The third kappa shape index (κ3) is 0.866. The number of aromatic hydroxyl groups is 1. The van der Waals surface area contributed by atoms with Crippen molar-refractivity contribution in [3.63, 3.8) is 0 Å². The molecule has 1 aliphatic carbocycles. The van der Waals surface area contributed by atoms with E-state index in [0.29, 0.717) is 5.75 Å². The van der Waals surface area contributed by atoms with E-state index in [1.807, 2.05) is 6.07 Å². The number of hydrogen-bond donors (Lipinski definition) is 2. The molecule has 0 fully saturated rings. The van der Waals surface area contributed by atoms with Crippen LogP contribution in [-0.4, -0.2) is 5.11 Å². The van der Waals surface area contributed by atoms with Crippen LogP contribution in [0.4, 0.5) is 0 Å².